The van der Waals surface area contributed by atoms with Crippen LogP contribution in [0.3, 0.4) is 0 Å². The molecule has 5 heteroatoms. The maximum absolute atomic E-state index is 5.67. The predicted octanol–water partition coefficient (Wildman–Crippen LogP) is 2.17. The Morgan fingerprint density at radius 3 is 2.93 bits per heavy atom. The summed E-state index contributed by atoms with van der Waals surface area (Å²) in [5.74, 6) is 0.845. The van der Waals surface area contributed by atoms with Crippen molar-refractivity contribution in [1.82, 2.24) is 10.3 Å². The van der Waals surface area contributed by atoms with Crippen molar-refractivity contribution in [2.45, 2.75) is 5.75 Å². The minimum atomic E-state index is 0.525. The van der Waals surface area contributed by atoms with Gasteiger partial charge in [0.05, 0.1) is 0 Å². The van der Waals surface area contributed by atoms with E-state index in [0.717, 1.165) is 16.5 Å². The number of hydrogen-bond acceptors (Lipinski definition) is 3. The first-order valence-corrected chi connectivity index (χ1v) is 5.50. The highest BCUT2D eigenvalue weighted by molar-refractivity contribution is 8.13. The Labute approximate surface area is 93.0 Å². The third kappa shape index (κ3) is 3.55. The van der Waals surface area contributed by atoms with Crippen molar-refractivity contribution in [1.29, 1.82) is 0 Å². The molecule has 0 bridgehead atoms. The molecule has 14 heavy (non-hydrogen) atoms. The van der Waals surface area contributed by atoms with Crippen LogP contribution < -0.4 is 5.32 Å². The zero-order valence-electron chi connectivity index (χ0n) is 8.12. The minimum absolute atomic E-state index is 0.525. The molecule has 0 unspecified atom stereocenters. The molecular formula is C9H12ClN3S. The molecular weight excluding hydrogens is 218 g/mol. The normalized spacial score (nSPS) is 11.5. The molecule has 1 aromatic heterocycles. The molecule has 0 fully saturated rings. The molecule has 76 valence electrons. The molecule has 0 aliphatic rings. The molecule has 0 amide bonds. The Morgan fingerprint density at radius 1 is 1.64 bits per heavy atom. The lowest BCUT2D eigenvalue weighted by atomic mass is 10.3. The summed E-state index contributed by atoms with van der Waals surface area (Å²) in [4.78, 5) is 8.06. The third-order valence-corrected chi connectivity index (χ3v) is 2.94. The van der Waals surface area contributed by atoms with E-state index >= 15 is 0 Å². The maximum Gasteiger partial charge on any atom is 0.156 e. The van der Waals surface area contributed by atoms with Crippen molar-refractivity contribution in [2.75, 3.05) is 14.1 Å². The monoisotopic (exact) mass is 229 g/mol. The summed E-state index contributed by atoms with van der Waals surface area (Å²) in [6.45, 7) is 0. The first kappa shape index (κ1) is 11.3. The number of aromatic nitrogens is 1. The average Bonchev–Trinajstić information content (AvgIpc) is 2.22. The van der Waals surface area contributed by atoms with Crippen LogP contribution in [0.5, 0.6) is 0 Å². The number of nitrogens with zero attached hydrogens (tertiary/aromatic N) is 2. The van der Waals surface area contributed by atoms with E-state index in [1.807, 2.05) is 13.1 Å². The molecule has 0 atom stereocenters. The van der Waals surface area contributed by atoms with Crippen molar-refractivity contribution in [3.05, 3.63) is 29.0 Å². The Hall–Kier alpha value is -0.740. The number of aliphatic imine (C=N–C) groups is 1. The van der Waals surface area contributed by atoms with E-state index in [-0.39, 0.29) is 0 Å². The smallest absolute Gasteiger partial charge is 0.156 e. The number of rotatable bonds is 2. The van der Waals surface area contributed by atoms with Crippen molar-refractivity contribution < 1.29 is 0 Å². The summed E-state index contributed by atoms with van der Waals surface area (Å²) in [6.07, 6.45) is 1.78. The van der Waals surface area contributed by atoms with E-state index in [1.165, 1.54) is 0 Å². The minimum Gasteiger partial charge on any atom is -0.368 e. The molecule has 0 aromatic carbocycles. The second-order valence-electron chi connectivity index (χ2n) is 2.56. The molecule has 0 radical (unpaired) electrons. The van der Waals surface area contributed by atoms with Gasteiger partial charge < -0.3 is 5.32 Å². The summed E-state index contributed by atoms with van der Waals surface area (Å²) in [7, 11) is 3.62. The Kier molecular flexibility index (Phi) is 4.76. The van der Waals surface area contributed by atoms with E-state index < -0.39 is 0 Å². The lowest BCUT2D eigenvalue weighted by Gasteiger charge is -2.03. The zero-order chi connectivity index (χ0) is 10.4. The highest BCUT2D eigenvalue weighted by Gasteiger charge is 1.98. The lowest BCUT2D eigenvalue weighted by Crippen LogP contribution is -2.13. The SMILES string of the molecule is CN=C(NC)SCc1ccc(Cl)nc1. The standard InChI is InChI=1S/C9H12ClN3S/c1-11-9(12-2)14-6-7-3-4-8(10)13-5-7/h3-5H,6H2,1-2H3,(H,11,12). The molecule has 1 rings (SSSR count). The summed E-state index contributed by atoms with van der Waals surface area (Å²) in [6, 6.07) is 3.75. The van der Waals surface area contributed by atoms with Gasteiger partial charge in [-0.15, -0.1) is 0 Å². The van der Waals surface area contributed by atoms with Gasteiger partial charge in [-0.05, 0) is 11.6 Å². The molecule has 0 aliphatic carbocycles. The molecule has 0 aliphatic heterocycles. The van der Waals surface area contributed by atoms with Gasteiger partial charge >= 0.3 is 0 Å². The summed E-state index contributed by atoms with van der Waals surface area (Å²) < 4.78 is 0. The topological polar surface area (TPSA) is 37.3 Å². The van der Waals surface area contributed by atoms with Crippen molar-refractivity contribution in [2.24, 2.45) is 4.99 Å². The maximum atomic E-state index is 5.67. The Morgan fingerprint density at radius 2 is 2.43 bits per heavy atom. The number of nitrogens with one attached hydrogen (secondary N) is 1. The van der Waals surface area contributed by atoms with Crippen LogP contribution in [0.25, 0.3) is 0 Å². The lowest BCUT2D eigenvalue weighted by molar-refractivity contribution is 1.18. The number of halogens is 1. The van der Waals surface area contributed by atoms with Crippen LogP contribution in [0.15, 0.2) is 23.3 Å². The second-order valence-corrected chi connectivity index (χ2v) is 3.91. The van der Waals surface area contributed by atoms with Gasteiger partial charge in [0.25, 0.3) is 0 Å². The third-order valence-electron chi connectivity index (χ3n) is 1.58. The summed E-state index contributed by atoms with van der Waals surface area (Å²) in [5, 5.41) is 4.44. The number of amidine groups is 1. The molecule has 1 N–H and O–H groups in total. The second kappa shape index (κ2) is 5.88. The number of thioether (sulfide) groups is 1. The van der Waals surface area contributed by atoms with Crippen molar-refractivity contribution >= 4 is 28.5 Å². The van der Waals surface area contributed by atoms with Gasteiger partial charge in [-0.25, -0.2) is 4.98 Å². The summed E-state index contributed by atoms with van der Waals surface area (Å²) >= 11 is 7.31. The average molecular weight is 230 g/mol. The van der Waals surface area contributed by atoms with E-state index in [9.17, 15) is 0 Å². The van der Waals surface area contributed by atoms with Crippen LogP contribution in [0.1, 0.15) is 5.56 Å². The van der Waals surface area contributed by atoms with Crippen molar-refractivity contribution in [3.8, 4) is 0 Å². The Balaban J connectivity index is 2.49. The van der Waals surface area contributed by atoms with Crippen LogP contribution in [0.4, 0.5) is 0 Å². The van der Waals surface area contributed by atoms with Gasteiger partial charge in [0.1, 0.15) is 5.15 Å². The molecule has 0 saturated heterocycles. The first-order chi connectivity index (χ1) is 6.76. The van der Waals surface area contributed by atoms with E-state index in [1.54, 1.807) is 31.1 Å². The van der Waals surface area contributed by atoms with Gasteiger partial charge in [-0.3, -0.25) is 4.99 Å². The van der Waals surface area contributed by atoms with Gasteiger partial charge in [0.15, 0.2) is 5.17 Å². The van der Waals surface area contributed by atoms with E-state index in [4.69, 9.17) is 11.6 Å². The van der Waals surface area contributed by atoms with Crippen LogP contribution in [0.2, 0.25) is 5.15 Å². The fraction of sp³-hybridized carbons (Fsp3) is 0.333. The van der Waals surface area contributed by atoms with E-state index in [0.29, 0.717) is 5.15 Å². The highest BCUT2D eigenvalue weighted by Crippen LogP contribution is 2.13. The van der Waals surface area contributed by atoms with Gasteiger partial charge in [-0.1, -0.05) is 29.4 Å². The van der Waals surface area contributed by atoms with Crippen LogP contribution >= 0.6 is 23.4 Å². The van der Waals surface area contributed by atoms with Gasteiger partial charge in [0.2, 0.25) is 0 Å². The highest BCUT2D eigenvalue weighted by atomic mass is 35.5. The molecule has 0 spiro atoms. The first-order valence-electron chi connectivity index (χ1n) is 4.14. The quantitative estimate of drug-likeness (QED) is 0.480. The fourth-order valence-electron chi connectivity index (χ4n) is 0.892. The van der Waals surface area contributed by atoms with Crippen molar-refractivity contribution in [3.63, 3.8) is 0 Å². The van der Waals surface area contributed by atoms with Crippen LogP contribution in [-0.2, 0) is 5.75 Å². The number of hydrogen-bond donors (Lipinski definition) is 1. The summed E-state index contributed by atoms with van der Waals surface area (Å²) in [5.41, 5.74) is 1.14. The zero-order valence-corrected chi connectivity index (χ0v) is 9.69. The largest absolute Gasteiger partial charge is 0.368 e. The van der Waals surface area contributed by atoms with Crippen LogP contribution in [-0.4, -0.2) is 24.2 Å². The van der Waals surface area contributed by atoms with Crippen LogP contribution in [0, 0.1) is 0 Å². The molecule has 1 heterocycles. The molecule has 3 nitrogen and oxygen atoms in total. The molecule has 1 aromatic rings. The molecule has 0 saturated carbocycles. The van der Waals surface area contributed by atoms with Gasteiger partial charge in [0, 0.05) is 26.0 Å². The van der Waals surface area contributed by atoms with E-state index in [2.05, 4.69) is 15.3 Å². The number of pyridine rings is 1. The fourth-order valence-corrected chi connectivity index (χ4v) is 1.75. The Bertz CT molecular complexity index is 310. The predicted molar refractivity (Wildman–Crippen MR) is 63.0 cm³/mol. The van der Waals surface area contributed by atoms with Gasteiger partial charge in [-0.2, -0.15) is 0 Å².